The van der Waals surface area contributed by atoms with Crippen molar-refractivity contribution in [3.8, 4) is 11.5 Å². The molecule has 0 aromatic heterocycles. The van der Waals surface area contributed by atoms with Gasteiger partial charge in [0.05, 0.1) is 49.6 Å². The molecule has 1 aliphatic carbocycles. The first-order valence-electron chi connectivity index (χ1n) is 15.5. The van der Waals surface area contributed by atoms with Crippen LogP contribution in [0, 0.1) is 5.92 Å². The van der Waals surface area contributed by atoms with Crippen LogP contribution in [0.4, 0.5) is 0 Å². The number of carbonyl (C=O) groups is 2. The van der Waals surface area contributed by atoms with Gasteiger partial charge in [-0.3, -0.25) is 4.79 Å². The van der Waals surface area contributed by atoms with E-state index in [1.165, 1.54) is 33.6 Å². The van der Waals surface area contributed by atoms with Gasteiger partial charge >= 0.3 is 5.97 Å². The second-order valence-corrected chi connectivity index (χ2v) is 13.4. The summed E-state index contributed by atoms with van der Waals surface area (Å²) in [5, 5.41) is 6.30. The number of morpholine rings is 1. The van der Waals surface area contributed by atoms with Crippen molar-refractivity contribution in [1.82, 2.24) is 9.31 Å². The zero-order valence-electron chi connectivity index (χ0n) is 26.3. The number of hydrogen-bond donors (Lipinski definition) is 0. The molecule has 0 spiro atoms. The maximum atomic E-state index is 13.7. The molecular formula is C35H37N3O8S. The summed E-state index contributed by atoms with van der Waals surface area (Å²) in [6.07, 6.45) is 4.71. The van der Waals surface area contributed by atoms with Crippen molar-refractivity contribution in [2.45, 2.75) is 30.2 Å². The van der Waals surface area contributed by atoms with Crippen LogP contribution >= 0.6 is 0 Å². The van der Waals surface area contributed by atoms with Crippen LogP contribution < -0.4 is 9.47 Å². The fourth-order valence-corrected chi connectivity index (χ4v) is 7.63. The Hall–Kier alpha value is -4.52. The molecule has 2 heterocycles. The van der Waals surface area contributed by atoms with Crippen LogP contribution in [0.5, 0.6) is 11.5 Å². The van der Waals surface area contributed by atoms with Crippen molar-refractivity contribution in [2.24, 2.45) is 11.0 Å². The summed E-state index contributed by atoms with van der Waals surface area (Å²) < 4.78 is 48.6. The van der Waals surface area contributed by atoms with Gasteiger partial charge in [0.15, 0.2) is 6.61 Å². The number of methoxy groups -OCH3 is 2. The van der Waals surface area contributed by atoms with Crippen LogP contribution in [0.1, 0.15) is 46.8 Å². The van der Waals surface area contributed by atoms with Crippen LogP contribution in [0.25, 0.3) is 6.08 Å². The highest BCUT2D eigenvalue weighted by atomic mass is 32.2. The summed E-state index contributed by atoms with van der Waals surface area (Å²) in [6.45, 7) is 0.680. The number of esters is 1. The maximum Gasteiger partial charge on any atom is 0.338 e. The highest BCUT2D eigenvalue weighted by molar-refractivity contribution is 7.89. The van der Waals surface area contributed by atoms with Gasteiger partial charge in [-0.25, -0.2) is 18.2 Å². The first-order chi connectivity index (χ1) is 22.8. The lowest BCUT2D eigenvalue weighted by Crippen LogP contribution is -2.40. The molecule has 11 nitrogen and oxygen atoms in total. The fourth-order valence-electron chi connectivity index (χ4n) is 6.22. The molecule has 2 atom stereocenters. The number of rotatable bonds is 9. The van der Waals surface area contributed by atoms with Gasteiger partial charge in [-0.1, -0.05) is 24.3 Å². The predicted octanol–water partition coefficient (Wildman–Crippen LogP) is 4.70. The smallest absolute Gasteiger partial charge is 0.338 e. The Morgan fingerprint density at radius 3 is 2.19 bits per heavy atom. The highest BCUT2D eigenvalue weighted by Crippen LogP contribution is 2.44. The molecule has 2 aliphatic heterocycles. The summed E-state index contributed by atoms with van der Waals surface area (Å²) in [6, 6.07) is 20.5. The van der Waals surface area contributed by atoms with E-state index in [1.54, 1.807) is 14.2 Å². The Morgan fingerprint density at radius 2 is 1.55 bits per heavy atom. The molecule has 3 aromatic carbocycles. The van der Waals surface area contributed by atoms with Gasteiger partial charge < -0.3 is 18.9 Å². The molecule has 0 radical (unpaired) electrons. The molecule has 3 aromatic rings. The number of hydrazone groups is 1. The Kier molecular flexibility index (Phi) is 9.71. The molecule has 47 heavy (non-hydrogen) atoms. The van der Waals surface area contributed by atoms with Crippen molar-refractivity contribution in [3.63, 3.8) is 0 Å². The maximum absolute atomic E-state index is 13.7. The fraction of sp³-hybridized carbons (Fsp3) is 0.343. The molecular weight excluding hydrogens is 622 g/mol. The SMILES string of the molecule is COc1ccc(/C=C2/CCC[C@@H]3C2=NN(C(=O)COC(=O)c2ccc(S(=O)(=O)N4CCOCC4)cc2)[C@@H]3c2ccc(OC)cc2)cc1. The van der Waals surface area contributed by atoms with Crippen molar-refractivity contribution in [2.75, 3.05) is 47.1 Å². The van der Waals surface area contributed by atoms with E-state index in [-0.39, 0.29) is 35.5 Å². The van der Waals surface area contributed by atoms with Gasteiger partial charge in [0.2, 0.25) is 10.0 Å². The van der Waals surface area contributed by atoms with Crippen LogP contribution in [0.15, 0.2) is 88.4 Å². The third kappa shape index (κ3) is 6.95. The van der Waals surface area contributed by atoms with Crippen molar-refractivity contribution in [1.29, 1.82) is 0 Å². The molecule has 1 saturated heterocycles. The van der Waals surface area contributed by atoms with E-state index < -0.39 is 28.5 Å². The number of ether oxygens (including phenoxy) is 4. The first kappa shape index (κ1) is 32.4. The Labute approximate surface area is 274 Å². The number of carbonyl (C=O) groups excluding carboxylic acids is 2. The summed E-state index contributed by atoms with van der Waals surface area (Å²) in [5.41, 5.74) is 3.95. The van der Waals surface area contributed by atoms with Crippen LogP contribution in [-0.2, 0) is 24.3 Å². The standard InChI is InChI=1S/C35H37N3O8S/c1-43-28-12-6-24(7-13-28)22-27-4-3-5-31-33(27)36-38(34(31)25-8-14-29(44-2)15-9-25)32(39)23-46-35(40)26-10-16-30(17-11-26)47(41,42)37-18-20-45-21-19-37/h6-17,22,31,34H,3-5,18-21,23H2,1-2H3/b27-22-/t31-,34-/m1/s1. The number of nitrogens with zero attached hydrogens (tertiary/aromatic N) is 3. The Morgan fingerprint density at radius 1 is 0.915 bits per heavy atom. The van der Waals surface area contributed by atoms with Gasteiger partial charge in [-0.15, -0.1) is 0 Å². The van der Waals surface area contributed by atoms with Gasteiger partial charge in [0, 0.05) is 19.0 Å². The van der Waals surface area contributed by atoms with Crippen molar-refractivity contribution >= 4 is 33.7 Å². The normalized spacial score (nSPS) is 20.8. The summed E-state index contributed by atoms with van der Waals surface area (Å²) in [7, 11) is -0.478. The van der Waals surface area contributed by atoms with E-state index >= 15 is 0 Å². The van der Waals surface area contributed by atoms with Crippen molar-refractivity contribution in [3.05, 3.63) is 95.1 Å². The molecule has 1 amide bonds. The van der Waals surface area contributed by atoms with Crippen LogP contribution in [0.2, 0.25) is 0 Å². The number of amides is 1. The lowest BCUT2D eigenvalue weighted by atomic mass is 9.77. The zero-order valence-corrected chi connectivity index (χ0v) is 27.1. The third-order valence-electron chi connectivity index (χ3n) is 8.70. The average molecular weight is 660 g/mol. The largest absolute Gasteiger partial charge is 0.497 e. The van der Waals surface area contributed by atoms with Crippen molar-refractivity contribution < 1.29 is 37.0 Å². The molecule has 0 bridgehead atoms. The number of fused-ring (bicyclic) bond motifs is 1. The molecule has 0 N–H and O–H groups in total. The second kappa shape index (κ2) is 14.1. The quantitative estimate of drug-likeness (QED) is 0.303. The zero-order chi connectivity index (χ0) is 33.0. The lowest BCUT2D eigenvalue weighted by molar-refractivity contribution is -0.137. The van der Waals surface area contributed by atoms with Gasteiger partial charge in [0.25, 0.3) is 5.91 Å². The van der Waals surface area contributed by atoms with E-state index in [0.717, 1.165) is 47.4 Å². The minimum Gasteiger partial charge on any atom is -0.497 e. The van der Waals surface area contributed by atoms with Gasteiger partial charge in [0.1, 0.15) is 11.5 Å². The van der Waals surface area contributed by atoms with E-state index in [0.29, 0.717) is 19.0 Å². The first-order valence-corrected chi connectivity index (χ1v) is 17.0. The highest BCUT2D eigenvalue weighted by Gasteiger charge is 2.44. The van der Waals surface area contributed by atoms with Gasteiger partial charge in [-0.05, 0) is 90.6 Å². The number of benzene rings is 3. The number of sulfonamides is 1. The van der Waals surface area contributed by atoms with Crippen LogP contribution in [-0.4, -0.2) is 82.4 Å². The molecule has 2 fully saturated rings. The monoisotopic (exact) mass is 659 g/mol. The topological polar surface area (TPSA) is 124 Å². The number of allylic oxidation sites excluding steroid dienone is 1. The lowest BCUT2D eigenvalue weighted by Gasteiger charge is -2.29. The molecule has 6 rings (SSSR count). The minimum atomic E-state index is -3.71. The third-order valence-corrected chi connectivity index (χ3v) is 10.6. The molecule has 0 unspecified atom stereocenters. The average Bonchev–Trinajstić information content (AvgIpc) is 3.52. The molecule has 1 saturated carbocycles. The van der Waals surface area contributed by atoms with E-state index in [9.17, 15) is 18.0 Å². The second-order valence-electron chi connectivity index (χ2n) is 11.5. The van der Waals surface area contributed by atoms with E-state index in [2.05, 4.69) is 6.08 Å². The molecule has 3 aliphatic rings. The minimum absolute atomic E-state index is 0.0396. The van der Waals surface area contributed by atoms with Gasteiger partial charge in [-0.2, -0.15) is 9.41 Å². The van der Waals surface area contributed by atoms with E-state index in [1.807, 2.05) is 48.5 Å². The predicted molar refractivity (Wildman–Crippen MR) is 175 cm³/mol. The van der Waals surface area contributed by atoms with E-state index in [4.69, 9.17) is 24.0 Å². The number of hydrogen-bond acceptors (Lipinski definition) is 9. The molecule has 12 heteroatoms. The Balaban J connectivity index is 1.20. The summed E-state index contributed by atoms with van der Waals surface area (Å²) in [5.74, 6) is 0.233. The molecule has 246 valence electrons. The summed E-state index contributed by atoms with van der Waals surface area (Å²) >= 11 is 0. The Bertz CT molecular complexity index is 1760. The van der Waals surface area contributed by atoms with Crippen LogP contribution in [0.3, 0.4) is 0 Å². The summed E-state index contributed by atoms with van der Waals surface area (Å²) in [4.78, 5) is 26.8.